The van der Waals surface area contributed by atoms with E-state index in [1.807, 2.05) is 13.8 Å². The fourth-order valence-electron chi connectivity index (χ4n) is 15.2. The molecule has 19 atom stereocenters. The van der Waals surface area contributed by atoms with Crippen LogP contribution in [-0.4, -0.2) is 229 Å². The van der Waals surface area contributed by atoms with Crippen molar-refractivity contribution >= 4 is 78.1 Å². The number of aliphatic hydroxyl groups is 6. The van der Waals surface area contributed by atoms with Crippen molar-refractivity contribution in [3.63, 3.8) is 0 Å². The molecule has 11 bridgehead atoms. The summed E-state index contributed by atoms with van der Waals surface area (Å²) in [5, 5.41) is 145. The van der Waals surface area contributed by atoms with Gasteiger partial charge in [-0.25, -0.2) is 4.79 Å². The van der Waals surface area contributed by atoms with Gasteiger partial charge in [0.2, 0.25) is 53.4 Å². The predicted octanol–water partition coefficient (Wildman–Crippen LogP) is 3.35. The number of hydrogen-bond acceptors (Lipinski definition) is 29. The summed E-state index contributed by atoms with van der Waals surface area (Å²) in [4.78, 5) is 129. The molecule has 2 fully saturated rings. The lowest BCUT2D eigenvalue weighted by atomic mass is 9.85. The summed E-state index contributed by atoms with van der Waals surface area (Å²) in [5.41, 5.74) is 0.751. The number of carbonyl (C=O) groups is 8. The van der Waals surface area contributed by atoms with E-state index in [1.54, 1.807) is 13.8 Å². The maximum Gasteiger partial charge on any atom is 0.341 e. The van der Waals surface area contributed by atoms with Crippen molar-refractivity contribution in [2.75, 3.05) is 46.7 Å². The normalized spacial score (nSPS) is 27.0. The summed E-state index contributed by atoms with van der Waals surface area (Å²) in [6.45, 7) is 9.09. The maximum atomic E-state index is 16.4. The lowest BCUT2D eigenvalue weighted by Crippen LogP contribution is -2.65. The quantitative estimate of drug-likeness (QED) is 0.0223. The van der Waals surface area contributed by atoms with Gasteiger partial charge in [-0.15, -0.1) is 0 Å². The molecule has 7 aliphatic rings. The number of halogens is 2. The van der Waals surface area contributed by atoms with Gasteiger partial charge >= 0.3 is 13.6 Å². The number of ether oxygens (including phenoxy) is 6. The zero-order chi connectivity index (χ0) is 88.9. The fourth-order valence-corrected chi connectivity index (χ4v) is 16.2. The SMILES string of the molecule is CCCCCCCCCCNCCN[C@@]1(C)C[C@H](O[C@H]2[C@H](Oc3c4cc5cc3Oc3ccc(cc3Cl)[C@@H](O)[C@@H]3NC(=O)[C@H](NC(=O)[C@@H]5NC(=O)[C@H](CC(N)=O)NC(=O)C(NC(=O)[C@@H](CC(C)C)NC)[C@H](O)c5ccc(c(Cl)c5)O4)c4ccc(O)c(c4)-c4c(cc(O)c(CNCP(=O)(O)OC)c4O)[C@H](C(=O)O)NC3=O)O[C@H](CO)[C@@H](O)[C@@H]2O)O[C@@H](C)[C@H]1O. The Balaban J connectivity index is 1.17. The molecule has 0 spiro atoms. The first-order valence-corrected chi connectivity index (χ1v) is 42.6. The lowest BCUT2D eigenvalue weighted by molar-refractivity contribution is -0.334. The number of carboxylic acids is 1. The Labute approximate surface area is 712 Å². The Kier molecular flexibility index (Phi) is 32.8. The van der Waals surface area contributed by atoms with Gasteiger partial charge in [0.1, 0.15) is 89.5 Å². The first kappa shape index (κ1) is 95.1. The summed E-state index contributed by atoms with van der Waals surface area (Å²) in [6, 6.07) is -2.16. The number of aliphatic carboxylic acids is 1. The monoisotopic (exact) mass is 1770 g/mol. The van der Waals surface area contributed by atoms with Gasteiger partial charge in [-0.05, 0) is 123 Å². The summed E-state index contributed by atoms with van der Waals surface area (Å²) in [5.74, 6) is -16.8. The summed E-state index contributed by atoms with van der Waals surface area (Å²) in [7, 11) is -1.95. The van der Waals surface area contributed by atoms with E-state index in [0.29, 0.717) is 13.1 Å². The third-order valence-corrected chi connectivity index (χ3v) is 23.7. The van der Waals surface area contributed by atoms with Gasteiger partial charge in [0, 0.05) is 55.4 Å². The van der Waals surface area contributed by atoms with E-state index in [2.05, 4.69) is 64.6 Å². The van der Waals surface area contributed by atoms with Gasteiger partial charge in [-0.2, -0.15) is 0 Å². The standard InChI is InChI=1S/C81H108Cl2N11O27P/c1-8-9-10-11-12-13-14-15-22-86-23-24-88-81(5)33-58(116-38(4)72(81)104)120-71-69(103)68(102)56(35-95)119-80(71)121-70-54-29-42-30-55(70)118-53-21-18-41(28-47(53)83)66(100)64-78(110)92-62(79(111)112)44-31-51(97)45(34-87-36-122(113,114)115-7)67(101)59(44)43-26-39(16-19-50(43)96)60(75(107)94-64)91-76(108)61(42)90-74(106)49(32-57(84)98)89-77(109)63(93-73(105)48(85-6)25-37(2)3)65(99)40-17-20-52(117-54)46(82)27-40/h16-21,26-31,37-38,48-49,56,58,60-66,68-69,71-72,80,85-88,95-97,99-104H,8-15,22-25,32-36H2,1-7H3,(H2,84,98)(H,89,109)(H,90,106)(H,91,108)(H,92,110)(H,93,105)(H,94,107)(H,111,112)(H,113,114)/t38-,48+,49-,56+,58-,60+,61+,62+,63?,64-,65+,66+,68+,69-,71+,72+,80-,81-/m0/s1. The number of hydrogen-bond donors (Lipinski definition) is 22. The van der Waals surface area contributed by atoms with E-state index >= 15 is 24.0 Å². The van der Waals surface area contributed by atoms with Crippen molar-refractivity contribution in [3.8, 4) is 57.1 Å². The third-order valence-electron chi connectivity index (χ3n) is 22.0. The van der Waals surface area contributed by atoms with Crippen LogP contribution in [0.1, 0.15) is 169 Å². The second-order valence-electron chi connectivity index (χ2n) is 31.4. The second kappa shape index (κ2) is 42.0. The Hall–Kier alpha value is -9.13. The van der Waals surface area contributed by atoms with Crippen molar-refractivity contribution < 1.29 is 132 Å². The molecule has 23 N–H and O–H groups in total. The van der Waals surface area contributed by atoms with Crippen LogP contribution in [0.2, 0.25) is 10.0 Å². The molecule has 0 saturated carbocycles. The van der Waals surface area contributed by atoms with Crippen LogP contribution in [0.3, 0.4) is 0 Å². The maximum absolute atomic E-state index is 16.4. The minimum atomic E-state index is -4.35. The minimum Gasteiger partial charge on any atom is -0.507 e. The lowest BCUT2D eigenvalue weighted by Gasteiger charge is -2.48. The summed E-state index contributed by atoms with van der Waals surface area (Å²) >= 11 is 14.3. The number of carboxylic acid groups (broad SMARTS) is 1. The van der Waals surface area contributed by atoms with Gasteiger partial charge in [-0.1, -0.05) is 107 Å². The first-order chi connectivity index (χ1) is 57.9. The molecule has 7 aliphatic heterocycles. The highest BCUT2D eigenvalue weighted by molar-refractivity contribution is 7.52. The highest BCUT2D eigenvalue weighted by atomic mass is 35.5. The van der Waals surface area contributed by atoms with Crippen LogP contribution >= 0.6 is 30.8 Å². The van der Waals surface area contributed by atoms with E-state index in [-0.39, 0.29) is 40.7 Å². The van der Waals surface area contributed by atoms with Crippen LogP contribution in [0, 0.1) is 5.92 Å². The molecule has 668 valence electrons. The molecule has 2 saturated heterocycles. The molecular weight excluding hydrogens is 1660 g/mol. The zero-order valence-corrected chi connectivity index (χ0v) is 70.5. The highest BCUT2D eigenvalue weighted by Gasteiger charge is 2.52. The van der Waals surface area contributed by atoms with Crippen LogP contribution in [0.25, 0.3) is 11.1 Å². The predicted molar refractivity (Wildman–Crippen MR) is 437 cm³/mol. The molecular formula is C81H108Cl2N11O27P. The molecule has 0 radical (unpaired) electrons. The summed E-state index contributed by atoms with van der Waals surface area (Å²) in [6.07, 6.45) is -10.3. The zero-order valence-electron chi connectivity index (χ0n) is 68.1. The average Bonchev–Trinajstić information content (AvgIpc) is 0.750. The van der Waals surface area contributed by atoms with Gasteiger partial charge in [0.05, 0.1) is 53.2 Å². The number of nitrogens with one attached hydrogen (secondary N) is 10. The Morgan fingerprint density at radius 3 is 1.93 bits per heavy atom. The number of rotatable bonds is 31. The highest BCUT2D eigenvalue weighted by Crippen LogP contribution is 2.51. The van der Waals surface area contributed by atoms with Crippen molar-refractivity contribution in [1.82, 2.24) is 53.2 Å². The van der Waals surface area contributed by atoms with E-state index in [1.165, 1.54) is 51.3 Å². The number of nitrogens with two attached hydrogens (primary N) is 1. The number of phenolic OH excluding ortho intramolecular Hbond substituents is 3. The number of aromatic hydroxyl groups is 3. The molecule has 2 unspecified atom stereocenters. The van der Waals surface area contributed by atoms with Gasteiger partial charge in [-0.3, -0.25) is 38.1 Å². The van der Waals surface area contributed by atoms with Gasteiger partial charge < -0.3 is 148 Å². The molecule has 7 amide bonds. The molecule has 5 aromatic carbocycles. The Bertz CT molecular complexity index is 4670. The molecule has 41 heteroatoms. The number of carbonyl (C=O) groups excluding carboxylic acids is 7. The van der Waals surface area contributed by atoms with Crippen molar-refractivity contribution in [1.29, 1.82) is 0 Å². The Morgan fingerprint density at radius 1 is 0.705 bits per heavy atom. The largest absolute Gasteiger partial charge is 0.507 e. The number of amides is 7. The van der Waals surface area contributed by atoms with E-state index in [4.69, 9.17) is 57.4 Å². The number of unbranched alkanes of at least 4 members (excludes halogenated alkanes) is 7. The van der Waals surface area contributed by atoms with E-state index in [9.17, 15) is 74.9 Å². The van der Waals surface area contributed by atoms with Crippen molar-refractivity contribution in [2.45, 2.75) is 221 Å². The van der Waals surface area contributed by atoms with Crippen LogP contribution in [0.15, 0.2) is 72.8 Å². The minimum absolute atomic E-state index is 0.120. The van der Waals surface area contributed by atoms with Crippen LogP contribution in [-0.2, 0) is 68.2 Å². The summed E-state index contributed by atoms with van der Waals surface area (Å²) < 4.78 is 56.7. The number of fused-ring (bicyclic) bond motifs is 15. The number of benzene rings is 5. The molecule has 0 aliphatic carbocycles. The molecule has 7 heterocycles. The number of phenols is 3. The van der Waals surface area contributed by atoms with E-state index < -0.39 is 269 Å². The van der Waals surface area contributed by atoms with Crippen LogP contribution < -0.4 is 73.1 Å². The molecule has 0 aromatic heterocycles. The molecule has 38 nitrogen and oxygen atoms in total. The van der Waals surface area contributed by atoms with Crippen molar-refractivity contribution in [3.05, 3.63) is 116 Å². The van der Waals surface area contributed by atoms with Gasteiger partial charge in [0.15, 0.2) is 29.9 Å². The van der Waals surface area contributed by atoms with Crippen LogP contribution in [0.4, 0.5) is 0 Å². The number of aliphatic hydroxyl groups excluding tert-OH is 6. The molecule has 122 heavy (non-hydrogen) atoms. The van der Waals surface area contributed by atoms with Crippen LogP contribution in [0.5, 0.6) is 46.0 Å². The number of likely N-dealkylation sites (N-methyl/N-ethyl adjacent to an activating group) is 1. The fraction of sp³-hybridized carbons (Fsp3) is 0.531. The van der Waals surface area contributed by atoms with Gasteiger partial charge in [0.25, 0.3) is 0 Å². The average molecular weight is 1770 g/mol. The third kappa shape index (κ3) is 22.9. The topological polar surface area (TPSA) is 587 Å². The molecule has 12 rings (SSSR count). The smallest absolute Gasteiger partial charge is 0.341 e. The number of primary amides is 1. The second-order valence-corrected chi connectivity index (χ2v) is 34.2. The van der Waals surface area contributed by atoms with Crippen molar-refractivity contribution in [2.24, 2.45) is 11.7 Å². The van der Waals surface area contributed by atoms with E-state index in [0.717, 1.165) is 93.6 Å². The molecule has 5 aromatic rings. The Morgan fingerprint density at radius 2 is 1.32 bits per heavy atom. The first-order valence-electron chi connectivity index (χ1n) is 40.1.